The molecule has 3 rings (SSSR count). The van der Waals surface area contributed by atoms with Crippen molar-refractivity contribution in [3.05, 3.63) is 58.9 Å². The van der Waals surface area contributed by atoms with Gasteiger partial charge in [-0.3, -0.25) is 9.48 Å². The maximum atomic E-state index is 12.1. The topological polar surface area (TPSA) is 46.9 Å². The van der Waals surface area contributed by atoms with E-state index in [-0.39, 0.29) is 5.91 Å². The van der Waals surface area contributed by atoms with E-state index in [0.717, 1.165) is 16.9 Å². The van der Waals surface area contributed by atoms with Crippen molar-refractivity contribution in [1.82, 2.24) is 9.78 Å². The summed E-state index contributed by atoms with van der Waals surface area (Å²) in [5.41, 5.74) is 2.64. The van der Waals surface area contributed by atoms with E-state index in [1.807, 2.05) is 48.8 Å². The molecule has 20 heavy (non-hydrogen) atoms. The van der Waals surface area contributed by atoms with Crippen LogP contribution < -0.4 is 5.32 Å². The highest BCUT2D eigenvalue weighted by Gasteiger charge is 2.14. The molecule has 0 unspecified atom stereocenters. The van der Waals surface area contributed by atoms with Crippen LogP contribution in [0, 0.1) is 0 Å². The summed E-state index contributed by atoms with van der Waals surface area (Å²) in [6, 6.07) is 13.6. The lowest BCUT2D eigenvalue weighted by Crippen LogP contribution is -2.10. The Morgan fingerprint density at radius 2 is 2.00 bits per heavy atom. The van der Waals surface area contributed by atoms with E-state index >= 15 is 0 Å². The second-order valence-electron chi connectivity index (χ2n) is 4.33. The SMILES string of the molecule is Cn1ncc(NC(=O)c2cccs2)c1-c1ccccc1. The fraction of sp³-hybridized carbons (Fsp3) is 0.0667. The Labute approximate surface area is 120 Å². The first-order valence-corrected chi connectivity index (χ1v) is 7.06. The predicted octanol–water partition coefficient (Wildman–Crippen LogP) is 3.40. The van der Waals surface area contributed by atoms with Gasteiger partial charge in [-0.15, -0.1) is 11.3 Å². The molecule has 2 heterocycles. The zero-order chi connectivity index (χ0) is 13.9. The van der Waals surface area contributed by atoms with Gasteiger partial charge in [-0.25, -0.2) is 0 Å². The monoisotopic (exact) mass is 283 g/mol. The van der Waals surface area contributed by atoms with Crippen molar-refractivity contribution in [2.45, 2.75) is 0 Å². The van der Waals surface area contributed by atoms with E-state index in [1.54, 1.807) is 16.9 Å². The lowest BCUT2D eigenvalue weighted by atomic mass is 10.1. The number of hydrogen-bond donors (Lipinski definition) is 1. The molecule has 0 aliphatic rings. The van der Waals surface area contributed by atoms with Crippen LogP contribution in [-0.2, 0) is 7.05 Å². The first-order chi connectivity index (χ1) is 9.75. The van der Waals surface area contributed by atoms with Gasteiger partial charge in [0.15, 0.2) is 0 Å². The van der Waals surface area contributed by atoms with Crippen LogP contribution in [0.4, 0.5) is 5.69 Å². The maximum absolute atomic E-state index is 12.1. The number of carbonyl (C=O) groups excluding carboxylic acids is 1. The van der Waals surface area contributed by atoms with Gasteiger partial charge in [-0.2, -0.15) is 5.10 Å². The molecule has 2 aromatic heterocycles. The zero-order valence-corrected chi connectivity index (χ0v) is 11.7. The molecule has 0 aliphatic carbocycles. The number of thiophene rings is 1. The largest absolute Gasteiger partial charge is 0.318 e. The minimum atomic E-state index is -0.106. The number of aryl methyl sites for hydroxylation is 1. The molecule has 1 N–H and O–H groups in total. The number of rotatable bonds is 3. The minimum Gasteiger partial charge on any atom is -0.318 e. The third-order valence-electron chi connectivity index (χ3n) is 2.98. The highest BCUT2D eigenvalue weighted by atomic mass is 32.1. The molecule has 0 saturated heterocycles. The summed E-state index contributed by atoms with van der Waals surface area (Å²) >= 11 is 1.42. The van der Waals surface area contributed by atoms with E-state index in [1.165, 1.54) is 11.3 Å². The van der Waals surface area contributed by atoms with Crippen molar-refractivity contribution in [1.29, 1.82) is 0 Å². The molecule has 0 atom stereocenters. The summed E-state index contributed by atoms with van der Waals surface area (Å²) < 4.78 is 1.76. The van der Waals surface area contributed by atoms with E-state index < -0.39 is 0 Å². The molecule has 0 spiro atoms. The maximum Gasteiger partial charge on any atom is 0.265 e. The fourth-order valence-electron chi connectivity index (χ4n) is 2.06. The molecule has 1 amide bonds. The number of hydrogen-bond acceptors (Lipinski definition) is 3. The summed E-state index contributed by atoms with van der Waals surface area (Å²) in [5, 5.41) is 9.04. The Kier molecular flexibility index (Phi) is 3.35. The summed E-state index contributed by atoms with van der Waals surface area (Å²) in [7, 11) is 1.86. The molecule has 1 aromatic carbocycles. The Bertz CT molecular complexity index is 717. The number of aromatic nitrogens is 2. The standard InChI is InChI=1S/C15H13N3OS/c1-18-14(11-6-3-2-4-7-11)12(10-16-18)17-15(19)13-8-5-9-20-13/h2-10H,1H3,(H,17,19). The summed E-state index contributed by atoms with van der Waals surface area (Å²) in [4.78, 5) is 12.8. The van der Waals surface area contributed by atoms with Gasteiger partial charge in [0, 0.05) is 12.6 Å². The van der Waals surface area contributed by atoms with Crippen LogP contribution in [0.25, 0.3) is 11.3 Å². The van der Waals surface area contributed by atoms with Gasteiger partial charge in [-0.1, -0.05) is 36.4 Å². The van der Waals surface area contributed by atoms with Crippen LogP contribution in [0.3, 0.4) is 0 Å². The van der Waals surface area contributed by atoms with Crippen LogP contribution in [0.15, 0.2) is 54.0 Å². The molecule has 0 aliphatic heterocycles. The Hall–Kier alpha value is -2.40. The average molecular weight is 283 g/mol. The quantitative estimate of drug-likeness (QED) is 0.800. The van der Waals surface area contributed by atoms with Gasteiger partial charge in [0.25, 0.3) is 5.91 Å². The average Bonchev–Trinajstić information content (AvgIpc) is 3.10. The third kappa shape index (κ3) is 2.35. The third-order valence-corrected chi connectivity index (χ3v) is 3.85. The number of amides is 1. The van der Waals surface area contributed by atoms with Gasteiger partial charge in [0.05, 0.1) is 22.5 Å². The van der Waals surface area contributed by atoms with E-state index in [9.17, 15) is 4.79 Å². The smallest absolute Gasteiger partial charge is 0.265 e. The Morgan fingerprint density at radius 3 is 2.70 bits per heavy atom. The molecule has 5 heteroatoms. The van der Waals surface area contributed by atoms with Crippen molar-refractivity contribution in [2.75, 3.05) is 5.32 Å². The number of nitrogens with one attached hydrogen (secondary N) is 1. The van der Waals surface area contributed by atoms with Gasteiger partial charge in [-0.05, 0) is 11.4 Å². The highest BCUT2D eigenvalue weighted by Crippen LogP contribution is 2.27. The lowest BCUT2D eigenvalue weighted by molar-refractivity contribution is 0.103. The summed E-state index contributed by atoms with van der Waals surface area (Å²) in [6.07, 6.45) is 1.67. The first-order valence-electron chi connectivity index (χ1n) is 6.18. The van der Waals surface area contributed by atoms with Gasteiger partial charge in [0.1, 0.15) is 0 Å². The molecule has 0 bridgehead atoms. The highest BCUT2D eigenvalue weighted by molar-refractivity contribution is 7.12. The first kappa shape index (κ1) is 12.6. The molecule has 100 valence electrons. The molecular weight excluding hydrogens is 270 g/mol. The lowest BCUT2D eigenvalue weighted by Gasteiger charge is -2.07. The van der Waals surface area contributed by atoms with Gasteiger partial charge in [0.2, 0.25) is 0 Å². The van der Waals surface area contributed by atoms with E-state index in [2.05, 4.69) is 10.4 Å². The van der Waals surface area contributed by atoms with Crippen LogP contribution >= 0.6 is 11.3 Å². The number of benzene rings is 1. The van der Waals surface area contributed by atoms with Crippen molar-refractivity contribution in [3.63, 3.8) is 0 Å². The Morgan fingerprint density at radius 1 is 1.20 bits per heavy atom. The second-order valence-corrected chi connectivity index (χ2v) is 5.28. The zero-order valence-electron chi connectivity index (χ0n) is 10.9. The van der Waals surface area contributed by atoms with Crippen molar-refractivity contribution in [2.24, 2.45) is 7.05 Å². The van der Waals surface area contributed by atoms with Crippen molar-refractivity contribution >= 4 is 22.9 Å². The van der Waals surface area contributed by atoms with Gasteiger partial charge >= 0.3 is 0 Å². The number of anilines is 1. The van der Waals surface area contributed by atoms with Gasteiger partial charge < -0.3 is 5.32 Å². The number of carbonyl (C=O) groups is 1. The number of nitrogens with zero attached hydrogens (tertiary/aromatic N) is 2. The fourth-order valence-corrected chi connectivity index (χ4v) is 2.68. The predicted molar refractivity (Wildman–Crippen MR) is 80.9 cm³/mol. The van der Waals surface area contributed by atoms with Crippen LogP contribution in [0.1, 0.15) is 9.67 Å². The van der Waals surface area contributed by atoms with E-state index in [0.29, 0.717) is 4.88 Å². The molecule has 4 nitrogen and oxygen atoms in total. The van der Waals surface area contributed by atoms with E-state index in [4.69, 9.17) is 0 Å². The Balaban J connectivity index is 1.94. The van der Waals surface area contributed by atoms with Crippen LogP contribution in [0.5, 0.6) is 0 Å². The van der Waals surface area contributed by atoms with Crippen molar-refractivity contribution in [3.8, 4) is 11.3 Å². The second kappa shape index (κ2) is 5.30. The molecular formula is C15H13N3OS. The summed E-state index contributed by atoms with van der Waals surface area (Å²) in [6.45, 7) is 0. The molecule has 0 fully saturated rings. The van der Waals surface area contributed by atoms with Crippen molar-refractivity contribution < 1.29 is 4.79 Å². The van der Waals surface area contributed by atoms with Crippen LogP contribution in [0.2, 0.25) is 0 Å². The molecule has 0 saturated carbocycles. The molecule has 3 aromatic rings. The minimum absolute atomic E-state index is 0.106. The van der Waals surface area contributed by atoms with Crippen LogP contribution in [-0.4, -0.2) is 15.7 Å². The molecule has 0 radical (unpaired) electrons. The summed E-state index contributed by atoms with van der Waals surface area (Å²) in [5.74, 6) is -0.106. The normalized spacial score (nSPS) is 10.4.